The van der Waals surface area contributed by atoms with Crippen molar-refractivity contribution in [3.05, 3.63) is 36.0 Å². The van der Waals surface area contributed by atoms with Crippen LogP contribution in [-0.2, 0) is 6.54 Å². The normalized spacial score (nSPS) is 12.1. The summed E-state index contributed by atoms with van der Waals surface area (Å²) in [5, 5.41) is 10.8. The van der Waals surface area contributed by atoms with E-state index in [2.05, 4.69) is 27.4 Å². The summed E-state index contributed by atoms with van der Waals surface area (Å²) in [6, 6.07) is 4.70. The molecule has 0 spiro atoms. The molecule has 0 saturated carbocycles. The first-order valence-corrected chi connectivity index (χ1v) is 6.53. The summed E-state index contributed by atoms with van der Waals surface area (Å²) in [6.07, 6.45) is 2.64. The number of pyridine rings is 1. The molecule has 2 aromatic rings. The van der Waals surface area contributed by atoms with Gasteiger partial charge in [0, 0.05) is 6.54 Å². The number of aryl methyl sites for hydroxylation is 1. The zero-order valence-corrected chi connectivity index (χ0v) is 11.6. The van der Waals surface area contributed by atoms with Crippen molar-refractivity contribution in [2.75, 3.05) is 5.73 Å². The summed E-state index contributed by atoms with van der Waals surface area (Å²) in [5.41, 5.74) is 5.86. The monoisotopic (exact) mass is 274 g/mol. The number of aromatic nitrogens is 4. The van der Waals surface area contributed by atoms with Crippen molar-refractivity contribution >= 4 is 11.7 Å². The van der Waals surface area contributed by atoms with Gasteiger partial charge in [0.1, 0.15) is 17.8 Å². The number of amides is 1. The van der Waals surface area contributed by atoms with Crippen LogP contribution < -0.4 is 11.1 Å². The zero-order valence-electron chi connectivity index (χ0n) is 11.6. The summed E-state index contributed by atoms with van der Waals surface area (Å²) >= 11 is 0. The van der Waals surface area contributed by atoms with Gasteiger partial charge in [-0.3, -0.25) is 4.79 Å². The summed E-state index contributed by atoms with van der Waals surface area (Å²) in [4.78, 5) is 16.1. The Morgan fingerprint density at radius 3 is 3.00 bits per heavy atom. The number of hydrogen-bond donors (Lipinski definition) is 2. The van der Waals surface area contributed by atoms with E-state index >= 15 is 0 Å². The quantitative estimate of drug-likeness (QED) is 0.852. The molecule has 2 aromatic heterocycles. The molecule has 3 N–H and O–H groups in total. The zero-order chi connectivity index (χ0) is 14.5. The van der Waals surface area contributed by atoms with Gasteiger partial charge in [0.25, 0.3) is 5.91 Å². The van der Waals surface area contributed by atoms with E-state index in [0.717, 1.165) is 18.8 Å². The third-order valence-corrected chi connectivity index (χ3v) is 2.85. The topological polar surface area (TPSA) is 98.7 Å². The van der Waals surface area contributed by atoms with Crippen LogP contribution in [0.15, 0.2) is 24.5 Å². The molecule has 0 aliphatic carbocycles. The molecule has 1 unspecified atom stereocenters. The highest BCUT2D eigenvalue weighted by Gasteiger charge is 2.17. The van der Waals surface area contributed by atoms with Gasteiger partial charge in [-0.1, -0.05) is 13.0 Å². The summed E-state index contributed by atoms with van der Waals surface area (Å²) < 4.78 is 1.93. The second-order valence-electron chi connectivity index (χ2n) is 4.53. The van der Waals surface area contributed by atoms with E-state index in [9.17, 15) is 4.79 Å². The average molecular weight is 274 g/mol. The van der Waals surface area contributed by atoms with Crippen LogP contribution in [0.25, 0.3) is 0 Å². The Balaban J connectivity index is 2.09. The van der Waals surface area contributed by atoms with Crippen LogP contribution in [0.4, 0.5) is 5.82 Å². The molecular formula is C13H18N6O. The van der Waals surface area contributed by atoms with Crippen molar-refractivity contribution in [2.24, 2.45) is 0 Å². The van der Waals surface area contributed by atoms with Gasteiger partial charge in [-0.15, -0.1) is 10.2 Å². The Morgan fingerprint density at radius 1 is 1.50 bits per heavy atom. The van der Waals surface area contributed by atoms with Crippen LogP contribution in [0.1, 0.15) is 42.6 Å². The molecule has 7 nitrogen and oxygen atoms in total. The second kappa shape index (κ2) is 6.14. The Labute approximate surface area is 117 Å². The molecule has 0 saturated heterocycles. The lowest BCUT2D eigenvalue weighted by Gasteiger charge is -2.14. The average Bonchev–Trinajstić information content (AvgIpc) is 2.87. The SMILES string of the molecule is CCCn1cnnc1C(C)NC(=O)c1cccc(N)n1. The Bertz CT molecular complexity index is 594. The molecule has 0 fully saturated rings. The maximum atomic E-state index is 12.1. The van der Waals surface area contributed by atoms with Crippen LogP contribution in [0.3, 0.4) is 0 Å². The maximum Gasteiger partial charge on any atom is 0.270 e. The number of nitrogens with one attached hydrogen (secondary N) is 1. The fourth-order valence-corrected chi connectivity index (χ4v) is 1.93. The lowest BCUT2D eigenvalue weighted by molar-refractivity contribution is 0.0932. The van der Waals surface area contributed by atoms with Crippen LogP contribution in [0.5, 0.6) is 0 Å². The molecule has 0 aliphatic rings. The molecule has 1 amide bonds. The highest BCUT2D eigenvalue weighted by Crippen LogP contribution is 2.10. The molecule has 0 radical (unpaired) electrons. The molecule has 2 heterocycles. The van der Waals surface area contributed by atoms with Crippen molar-refractivity contribution < 1.29 is 4.79 Å². The highest BCUT2D eigenvalue weighted by atomic mass is 16.1. The smallest absolute Gasteiger partial charge is 0.270 e. The molecule has 1 atom stereocenters. The van der Waals surface area contributed by atoms with Gasteiger partial charge in [-0.05, 0) is 25.5 Å². The first-order chi connectivity index (χ1) is 9.61. The van der Waals surface area contributed by atoms with Gasteiger partial charge in [-0.2, -0.15) is 0 Å². The number of rotatable bonds is 5. The van der Waals surface area contributed by atoms with Crippen molar-refractivity contribution in [1.82, 2.24) is 25.1 Å². The number of carbonyl (C=O) groups excluding carboxylic acids is 1. The fourth-order valence-electron chi connectivity index (χ4n) is 1.93. The van der Waals surface area contributed by atoms with E-state index in [1.165, 1.54) is 0 Å². The number of nitrogen functional groups attached to an aromatic ring is 1. The minimum atomic E-state index is -0.282. The number of hydrogen-bond acceptors (Lipinski definition) is 5. The van der Waals surface area contributed by atoms with Crippen LogP contribution in [0.2, 0.25) is 0 Å². The van der Waals surface area contributed by atoms with E-state index < -0.39 is 0 Å². The third-order valence-electron chi connectivity index (χ3n) is 2.85. The molecule has 0 aromatic carbocycles. The summed E-state index contributed by atoms with van der Waals surface area (Å²) in [7, 11) is 0. The van der Waals surface area contributed by atoms with Gasteiger partial charge in [0.2, 0.25) is 0 Å². The molecule has 0 bridgehead atoms. The Morgan fingerprint density at radius 2 is 2.30 bits per heavy atom. The third kappa shape index (κ3) is 3.11. The lowest BCUT2D eigenvalue weighted by Crippen LogP contribution is -2.29. The van der Waals surface area contributed by atoms with Gasteiger partial charge in [0.15, 0.2) is 5.82 Å². The van der Waals surface area contributed by atoms with Crippen molar-refractivity contribution in [3.8, 4) is 0 Å². The maximum absolute atomic E-state index is 12.1. The molecule has 106 valence electrons. The highest BCUT2D eigenvalue weighted by molar-refractivity contribution is 5.92. The van der Waals surface area contributed by atoms with E-state index in [4.69, 9.17) is 5.73 Å². The minimum Gasteiger partial charge on any atom is -0.384 e. The van der Waals surface area contributed by atoms with Gasteiger partial charge in [0.05, 0.1) is 6.04 Å². The molecule has 20 heavy (non-hydrogen) atoms. The number of anilines is 1. The lowest BCUT2D eigenvalue weighted by atomic mass is 10.2. The number of nitrogens with two attached hydrogens (primary N) is 1. The Kier molecular flexibility index (Phi) is 4.29. The van der Waals surface area contributed by atoms with Gasteiger partial charge < -0.3 is 15.6 Å². The first kappa shape index (κ1) is 14.0. The Hall–Kier alpha value is -2.44. The standard InChI is InChI=1S/C13H18N6O/c1-3-7-19-8-15-18-12(19)9(2)16-13(20)10-5-4-6-11(14)17-10/h4-6,8-9H,3,7H2,1-2H3,(H2,14,17)(H,16,20). The van der Waals surface area contributed by atoms with Gasteiger partial charge >= 0.3 is 0 Å². The largest absolute Gasteiger partial charge is 0.384 e. The van der Waals surface area contributed by atoms with Crippen molar-refractivity contribution in [2.45, 2.75) is 32.9 Å². The van der Waals surface area contributed by atoms with E-state index in [1.807, 2.05) is 11.5 Å². The van der Waals surface area contributed by atoms with Crippen molar-refractivity contribution in [3.63, 3.8) is 0 Å². The first-order valence-electron chi connectivity index (χ1n) is 6.53. The molecule has 2 rings (SSSR count). The van der Waals surface area contributed by atoms with E-state index in [0.29, 0.717) is 11.5 Å². The summed E-state index contributed by atoms with van der Waals surface area (Å²) in [6.45, 7) is 4.75. The number of carbonyl (C=O) groups is 1. The molecule has 0 aliphatic heterocycles. The van der Waals surface area contributed by atoms with Gasteiger partial charge in [-0.25, -0.2) is 4.98 Å². The summed E-state index contributed by atoms with van der Waals surface area (Å²) in [5.74, 6) is 0.763. The van der Waals surface area contributed by atoms with E-state index in [-0.39, 0.29) is 11.9 Å². The van der Waals surface area contributed by atoms with Crippen LogP contribution in [0, 0.1) is 0 Å². The van der Waals surface area contributed by atoms with Crippen LogP contribution in [-0.4, -0.2) is 25.7 Å². The predicted molar refractivity (Wildman–Crippen MR) is 74.8 cm³/mol. The van der Waals surface area contributed by atoms with E-state index in [1.54, 1.807) is 24.5 Å². The number of nitrogens with zero attached hydrogens (tertiary/aromatic N) is 4. The van der Waals surface area contributed by atoms with Crippen LogP contribution >= 0.6 is 0 Å². The van der Waals surface area contributed by atoms with Crippen molar-refractivity contribution in [1.29, 1.82) is 0 Å². The fraction of sp³-hybridized carbons (Fsp3) is 0.385. The predicted octanol–water partition coefficient (Wildman–Crippen LogP) is 1.16. The molecular weight excluding hydrogens is 256 g/mol. The second-order valence-corrected chi connectivity index (χ2v) is 4.53. The minimum absolute atomic E-state index is 0.250. The molecule has 7 heteroatoms.